The molecule has 0 saturated heterocycles. The first-order valence-electron chi connectivity index (χ1n) is 3.82. The second-order valence-corrected chi connectivity index (χ2v) is 2.15. The Balaban J connectivity index is 0. The van der Waals surface area contributed by atoms with E-state index >= 15 is 0 Å². The maximum absolute atomic E-state index is 2.89. The first-order chi connectivity index (χ1) is 6.00. The third-order valence-corrected chi connectivity index (χ3v) is 1.21. The number of benzene rings is 2. The molecule has 2 heteroatoms. The zero-order chi connectivity index (χ0) is 8.49. The van der Waals surface area contributed by atoms with Gasteiger partial charge in [-0.1, -0.05) is 60.7 Å². The van der Waals surface area contributed by atoms with Gasteiger partial charge in [0.05, 0.1) is 0 Å². The van der Waals surface area contributed by atoms with E-state index in [0.717, 1.165) is 0 Å². The van der Waals surface area contributed by atoms with Crippen LogP contribution in [0.25, 0.3) is 0 Å². The van der Waals surface area contributed by atoms with Crippen LogP contribution in [0.15, 0.2) is 60.7 Å². The first kappa shape index (κ1) is 16.0. The molecule has 0 spiro atoms. The Morgan fingerprint density at radius 1 is 0.500 bits per heavy atom. The summed E-state index contributed by atoms with van der Waals surface area (Å²) >= 11 is 0. The molecule has 0 bridgehead atoms. The number of hydrogen-bond acceptors (Lipinski definition) is 0. The smallest absolute Gasteiger partial charge is 0 e. The van der Waals surface area contributed by atoms with Crippen LogP contribution >= 0.6 is 0 Å². The van der Waals surface area contributed by atoms with Crippen molar-refractivity contribution in [3.8, 4) is 0 Å². The molecule has 0 aliphatic carbocycles. The summed E-state index contributed by atoms with van der Waals surface area (Å²) in [6, 6.07) is 25.0. The number of halogens is 1. The first-order valence-corrected chi connectivity index (χ1v) is 3.82. The van der Waals surface area contributed by atoms with Gasteiger partial charge in [0.1, 0.15) is 0 Å². The fourth-order valence-corrected chi connectivity index (χ4v) is 0.684. The Morgan fingerprint density at radius 3 is 0.857 bits per heavy atom. The van der Waals surface area contributed by atoms with Crippen molar-refractivity contribution < 1.29 is 12.4 Å². The molecule has 71 valence electrons. The fourth-order valence-electron chi connectivity index (χ4n) is 0.684. The van der Waals surface area contributed by atoms with Gasteiger partial charge >= 0.3 is 0 Å². The molecule has 2 aromatic carbocycles. The molecule has 5 radical (unpaired) electrons. The van der Waals surface area contributed by atoms with Crippen molar-refractivity contribution in [2.75, 3.05) is 0 Å². The molecule has 0 atom stereocenters. The topological polar surface area (TPSA) is 0 Å². The van der Waals surface area contributed by atoms with E-state index in [0.29, 0.717) is 0 Å². The van der Waals surface area contributed by atoms with Gasteiger partial charge < -0.3 is 12.4 Å². The summed E-state index contributed by atoms with van der Waals surface area (Å²) in [7, 11) is 0. The monoisotopic (exact) mass is 310 g/mol. The van der Waals surface area contributed by atoms with Gasteiger partial charge in [0, 0.05) is 24.4 Å². The Kier molecular flexibility index (Phi) is 14.3. The van der Waals surface area contributed by atoms with E-state index in [1.165, 1.54) is 0 Å². The van der Waals surface area contributed by atoms with Crippen molar-refractivity contribution in [1.82, 2.24) is 0 Å². The van der Waals surface area contributed by atoms with Crippen LogP contribution in [0.3, 0.4) is 0 Å². The van der Waals surface area contributed by atoms with Crippen LogP contribution in [0.2, 0.25) is 0 Å². The molecular formula is C12H10ClSb-. The molecular weight excluding hydrogens is 301 g/mol. The van der Waals surface area contributed by atoms with E-state index in [9.17, 15) is 0 Å². The molecule has 0 fully saturated rings. The van der Waals surface area contributed by atoms with Crippen molar-refractivity contribution >= 4 is 24.4 Å². The van der Waals surface area contributed by atoms with Crippen LogP contribution in [-0.4, -0.2) is 24.4 Å². The summed E-state index contributed by atoms with van der Waals surface area (Å²) in [5.41, 5.74) is 0. The Hall–Kier alpha value is -0.452. The maximum Gasteiger partial charge on any atom is 0 e. The molecule has 14 heavy (non-hydrogen) atoms. The van der Waals surface area contributed by atoms with E-state index < -0.39 is 0 Å². The van der Waals surface area contributed by atoms with Crippen molar-refractivity contribution in [2.45, 2.75) is 0 Å². The van der Waals surface area contributed by atoms with Gasteiger partial charge in [0.2, 0.25) is 0 Å². The van der Waals surface area contributed by atoms with Gasteiger partial charge in [-0.15, -0.1) is 0 Å². The normalized spacial score (nSPS) is 6.86. The summed E-state index contributed by atoms with van der Waals surface area (Å²) < 4.78 is 0. The third kappa shape index (κ3) is 9.63. The summed E-state index contributed by atoms with van der Waals surface area (Å²) in [5, 5.41) is 0. The van der Waals surface area contributed by atoms with Gasteiger partial charge in [-0.2, -0.15) is 0 Å². The molecule has 0 heterocycles. The fraction of sp³-hybridized carbons (Fsp3) is 0. The third-order valence-electron chi connectivity index (χ3n) is 1.21. The van der Waals surface area contributed by atoms with Crippen molar-refractivity contribution in [3.05, 3.63) is 72.8 Å². The number of rotatable bonds is 0. The van der Waals surface area contributed by atoms with Crippen LogP contribution in [0.1, 0.15) is 0 Å². The SMILES string of the molecule is [Cl-].[Sb].[c]1ccccc1.[c]1ccccc1. The Labute approximate surface area is 109 Å². The van der Waals surface area contributed by atoms with E-state index in [1.807, 2.05) is 60.7 Å². The van der Waals surface area contributed by atoms with E-state index in [2.05, 4.69) is 12.1 Å². The summed E-state index contributed by atoms with van der Waals surface area (Å²) in [6.45, 7) is 0. The molecule has 0 nitrogen and oxygen atoms in total. The van der Waals surface area contributed by atoms with Crippen LogP contribution in [-0.2, 0) is 0 Å². The minimum Gasteiger partial charge on any atom is -1.00 e. The zero-order valence-corrected chi connectivity index (χ0v) is 10.9. The minimum absolute atomic E-state index is 0. The molecule has 0 N–H and O–H groups in total. The molecule has 0 saturated carbocycles. The quantitative estimate of drug-likeness (QED) is 0.581. The summed E-state index contributed by atoms with van der Waals surface area (Å²) in [5.74, 6) is 0. The second-order valence-electron chi connectivity index (χ2n) is 2.15. The predicted octanol–water partition coefficient (Wildman–Crippen LogP) is -0.403. The molecule has 2 rings (SSSR count). The zero-order valence-electron chi connectivity index (χ0n) is 7.60. The van der Waals surface area contributed by atoms with Crippen LogP contribution in [0.4, 0.5) is 0 Å². The van der Waals surface area contributed by atoms with Crippen molar-refractivity contribution in [3.63, 3.8) is 0 Å². The van der Waals surface area contributed by atoms with Gasteiger partial charge in [0.15, 0.2) is 0 Å². The van der Waals surface area contributed by atoms with Gasteiger partial charge in [0.25, 0.3) is 0 Å². The largest absolute Gasteiger partial charge is 1.00 e. The predicted molar refractivity (Wildman–Crippen MR) is 56.3 cm³/mol. The van der Waals surface area contributed by atoms with Gasteiger partial charge in [-0.25, -0.2) is 0 Å². The van der Waals surface area contributed by atoms with E-state index in [4.69, 9.17) is 0 Å². The Morgan fingerprint density at radius 2 is 0.786 bits per heavy atom. The molecule has 2 aromatic rings. The minimum atomic E-state index is 0. The average molecular weight is 311 g/mol. The standard InChI is InChI=1S/2C6H5.ClH.Sb/c2*1-2-4-6-5-3-1;;/h2*1-5H;1H;/p-1. The summed E-state index contributed by atoms with van der Waals surface area (Å²) in [4.78, 5) is 0. The van der Waals surface area contributed by atoms with Crippen molar-refractivity contribution in [2.24, 2.45) is 0 Å². The van der Waals surface area contributed by atoms with E-state index in [-0.39, 0.29) is 36.8 Å². The van der Waals surface area contributed by atoms with Crippen LogP contribution in [0, 0.1) is 12.1 Å². The second kappa shape index (κ2) is 12.5. The van der Waals surface area contributed by atoms with Gasteiger partial charge in [-0.3, -0.25) is 0 Å². The van der Waals surface area contributed by atoms with Crippen LogP contribution < -0.4 is 12.4 Å². The summed E-state index contributed by atoms with van der Waals surface area (Å²) in [6.07, 6.45) is 0. The average Bonchev–Trinajstić information content (AvgIpc) is 2.24. The van der Waals surface area contributed by atoms with E-state index in [1.54, 1.807) is 0 Å². The molecule has 0 aliphatic heterocycles. The number of hydrogen-bond donors (Lipinski definition) is 0. The molecule has 0 unspecified atom stereocenters. The maximum atomic E-state index is 2.89. The molecule has 0 amide bonds. The molecule has 0 aromatic heterocycles. The molecule has 0 aliphatic rings. The Bertz CT molecular complexity index is 186. The van der Waals surface area contributed by atoms with Crippen molar-refractivity contribution in [1.29, 1.82) is 0 Å². The van der Waals surface area contributed by atoms with Gasteiger partial charge in [-0.05, 0) is 12.1 Å². The van der Waals surface area contributed by atoms with Crippen LogP contribution in [0.5, 0.6) is 0 Å².